The summed E-state index contributed by atoms with van der Waals surface area (Å²) in [6, 6.07) is 22.2. The van der Waals surface area contributed by atoms with Crippen LogP contribution in [0, 0.1) is 42.1 Å². The van der Waals surface area contributed by atoms with E-state index in [1.54, 1.807) is 19.9 Å². The number of aryl methyl sites for hydroxylation is 2. The van der Waals surface area contributed by atoms with Crippen molar-refractivity contribution >= 4 is 73.8 Å². The molecular weight excluding hydrogens is 997 g/mol. The first-order valence-corrected chi connectivity index (χ1v) is 26.8. The summed E-state index contributed by atoms with van der Waals surface area (Å²) in [5.41, 5.74) is 5.38. The van der Waals surface area contributed by atoms with Crippen LogP contribution in [0.5, 0.6) is 0 Å². The Labute approximate surface area is 443 Å². The molecule has 3 atom stereocenters. The van der Waals surface area contributed by atoms with Gasteiger partial charge in [-0.3, -0.25) is 19.2 Å². The molecule has 388 valence electrons. The first-order valence-electron chi connectivity index (χ1n) is 25.6. The van der Waals surface area contributed by atoms with E-state index in [4.69, 9.17) is 16.6 Å². The molecule has 6 heterocycles. The third kappa shape index (κ3) is 11.1. The number of unbranched alkanes of at least 4 members (excludes halogenated alkanes) is 1. The Kier molecular flexibility index (Phi) is 14.9. The molecule has 4 amide bonds. The lowest BCUT2D eigenvalue weighted by molar-refractivity contribution is -0.122. The molecule has 6 aromatic rings. The summed E-state index contributed by atoms with van der Waals surface area (Å²) in [4.78, 5) is 63.5. The number of benzene rings is 4. The van der Waals surface area contributed by atoms with Crippen LogP contribution >= 0.6 is 22.9 Å². The molecule has 3 fully saturated rings. The molecule has 1 aliphatic carbocycles. The Bertz CT molecular complexity index is 3250. The highest BCUT2D eigenvalue weighted by Gasteiger charge is 2.44. The average molecular weight is 1060 g/mol. The van der Waals surface area contributed by atoms with Gasteiger partial charge >= 0.3 is 0 Å². The Morgan fingerprint density at radius 3 is 2.48 bits per heavy atom. The van der Waals surface area contributed by atoms with E-state index in [9.17, 15) is 23.6 Å². The Morgan fingerprint density at radius 1 is 0.880 bits per heavy atom. The lowest BCUT2D eigenvalue weighted by Gasteiger charge is -2.29. The zero-order chi connectivity index (χ0) is 52.5. The van der Waals surface area contributed by atoms with Crippen molar-refractivity contribution in [1.29, 1.82) is 0 Å². The van der Waals surface area contributed by atoms with Crippen molar-refractivity contribution in [3.8, 4) is 11.8 Å². The number of piperidine rings is 1. The number of fused-ring (bicyclic) bond motifs is 7. The van der Waals surface area contributed by atoms with Crippen molar-refractivity contribution in [3.63, 3.8) is 0 Å². The SMILES string of the molecule is Cc1ccc2c(NCCCCNC(=O)C#Cc3cc(F)c(CNC(=O)c4ccc5c(c4)N(Cc4c(F)cccc4Cl)C(=O)C5(C)C)c(F)c3)c(C(=O)N[C@H]3CCc4cc(N5C[C@H]6CC[C@H](C5)NC6)ccc4C3)sc2n1. The molecular formula is C58H58ClF3N8O4S. The molecule has 11 rings (SSSR count). The maximum atomic E-state index is 15.3. The van der Waals surface area contributed by atoms with E-state index in [0.29, 0.717) is 54.0 Å². The van der Waals surface area contributed by atoms with Gasteiger partial charge in [-0.15, -0.1) is 11.3 Å². The van der Waals surface area contributed by atoms with Crippen molar-refractivity contribution in [2.24, 2.45) is 5.92 Å². The van der Waals surface area contributed by atoms with Crippen molar-refractivity contribution < 1.29 is 32.3 Å². The molecule has 4 aliphatic heterocycles. The minimum Gasteiger partial charge on any atom is -0.383 e. The van der Waals surface area contributed by atoms with Crippen LogP contribution in [0.15, 0.2) is 78.9 Å². The second-order valence-corrected chi connectivity index (χ2v) is 22.0. The number of rotatable bonds is 14. The number of carbonyl (C=O) groups is 4. The highest BCUT2D eigenvalue weighted by atomic mass is 35.5. The highest BCUT2D eigenvalue weighted by Crippen LogP contribution is 2.44. The first-order chi connectivity index (χ1) is 36.1. The van der Waals surface area contributed by atoms with Crippen LogP contribution in [-0.4, -0.2) is 73.4 Å². The van der Waals surface area contributed by atoms with Gasteiger partial charge in [-0.1, -0.05) is 35.7 Å². The van der Waals surface area contributed by atoms with Gasteiger partial charge in [0, 0.05) is 100 Å². The molecule has 5 N–H and O–H groups in total. The lowest BCUT2D eigenvalue weighted by atomic mass is 9.86. The Morgan fingerprint density at radius 2 is 1.69 bits per heavy atom. The van der Waals surface area contributed by atoms with Crippen LogP contribution in [0.1, 0.15) is 105 Å². The van der Waals surface area contributed by atoms with E-state index in [-0.39, 0.29) is 46.1 Å². The van der Waals surface area contributed by atoms with Gasteiger partial charge in [0.1, 0.15) is 27.2 Å². The van der Waals surface area contributed by atoms with E-state index in [2.05, 4.69) is 61.5 Å². The zero-order valence-electron chi connectivity index (χ0n) is 42.0. The van der Waals surface area contributed by atoms with Gasteiger partial charge in [-0.2, -0.15) is 0 Å². The smallest absolute Gasteiger partial charge is 0.296 e. The predicted molar refractivity (Wildman–Crippen MR) is 288 cm³/mol. The number of amides is 4. The molecule has 0 saturated carbocycles. The van der Waals surface area contributed by atoms with Gasteiger partial charge in [0.25, 0.3) is 17.7 Å². The molecule has 2 aromatic heterocycles. The maximum Gasteiger partial charge on any atom is 0.296 e. The minimum absolute atomic E-state index is 0.00771. The predicted octanol–water partition coefficient (Wildman–Crippen LogP) is 9.27. The van der Waals surface area contributed by atoms with Crippen molar-refractivity contribution in [2.45, 2.75) is 96.3 Å². The number of thiophene rings is 1. The topological polar surface area (TPSA) is 148 Å². The zero-order valence-corrected chi connectivity index (χ0v) is 43.6. The number of aromatic nitrogens is 1. The maximum absolute atomic E-state index is 15.3. The summed E-state index contributed by atoms with van der Waals surface area (Å²) in [6.07, 6.45) is 6.33. The average Bonchev–Trinajstić information content (AvgIpc) is 3.64. The first kappa shape index (κ1) is 51.6. The Balaban J connectivity index is 0.695. The minimum atomic E-state index is -0.968. The third-order valence-corrected chi connectivity index (χ3v) is 16.5. The van der Waals surface area contributed by atoms with E-state index >= 15 is 8.78 Å². The van der Waals surface area contributed by atoms with Crippen molar-refractivity contribution in [2.75, 3.05) is 47.8 Å². The second kappa shape index (κ2) is 21.7. The van der Waals surface area contributed by atoms with Gasteiger partial charge in [0.15, 0.2) is 0 Å². The summed E-state index contributed by atoms with van der Waals surface area (Å²) in [6.45, 7) is 8.80. The van der Waals surface area contributed by atoms with Crippen LogP contribution in [0.2, 0.25) is 5.02 Å². The van der Waals surface area contributed by atoms with Crippen LogP contribution in [0.3, 0.4) is 0 Å². The monoisotopic (exact) mass is 1050 g/mol. The third-order valence-electron chi connectivity index (χ3n) is 15.0. The normalized spacial score (nSPS) is 18.4. The number of anilines is 3. The van der Waals surface area contributed by atoms with E-state index in [1.165, 1.54) is 76.2 Å². The number of hydrogen-bond acceptors (Lipinski definition) is 9. The van der Waals surface area contributed by atoms with Gasteiger partial charge in [-0.25, -0.2) is 18.2 Å². The lowest BCUT2D eigenvalue weighted by Crippen LogP contribution is -2.39. The van der Waals surface area contributed by atoms with Crippen LogP contribution in [-0.2, 0) is 40.9 Å². The van der Waals surface area contributed by atoms with Crippen LogP contribution in [0.4, 0.5) is 30.2 Å². The summed E-state index contributed by atoms with van der Waals surface area (Å²) >= 11 is 7.65. The molecule has 17 heteroatoms. The molecule has 75 heavy (non-hydrogen) atoms. The standard InChI is InChI=1S/C58H58ClF3N8O4S/c1-33-9-18-42-52(53(75-56(42)67-33)55(73)68-39-16-12-37-26-41(17-13-36(37)25-39)69-30-35-10-15-40(31-69)65-28-35)64-22-5-4-21-63-51(71)20-11-34-23-48(61)43(49(62)24-34)29-66-54(72)38-14-19-45-50(27-38)70(57(74)58(45,2)3)32-44-46(59)7-6-8-47(44)60/h6-9,13-14,17-19,23-24,26-27,35,39-40,64-65H,4-5,10,12,15-16,21-22,25,28-32H2,1-3H3,(H,63,71)(H,66,72)(H,68,73)/t35-,39-,40+/m0/s1. The molecule has 2 bridgehead atoms. The molecule has 12 nitrogen and oxygen atoms in total. The summed E-state index contributed by atoms with van der Waals surface area (Å²) in [5, 5.41) is 16.8. The second-order valence-electron chi connectivity index (χ2n) is 20.6. The van der Waals surface area contributed by atoms with Crippen LogP contribution in [0.25, 0.3) is 10.2 Å². The van der Waals surface area contributed by atoms with E-state index < -0.39 is 46.8 Å². The van der Waals surface area contributed by atoms with Gasteiger partial charge in [0.2, 0.25) is 5.91 Å². The summed E-state index contributed by atoms with van der Waals surface area (Å²) < 4.78 is 45.3. The van der Waals surface area contributed by atoms with E-state index in [0.717, 1.165) is 72.6 Å². The summed E-state index contributed by atoms with van der Waals surface area (Å²) in [7, 11) is 0. The number of nitrogens with zero attached hydrogens (tertiary/aromatic N) is 3. The highest BCUT2D eigenvalue weighted by molar-refractivity contribution is 7.21. The van der Waals surface area contributed by atoms with Crippen LogP contribution < -0.4 is 36.4 Å². The molecule has 0 radical (unpaired) electrons. The quantitative estimate of drug-likeness (QED) is 0.0536. The number of pyridine rings is 1. The fraction of sp³-hybridized carbons (Fsp3) is 0.362. The molecule has 0 unspecified atom stereocenters. The fourth-order valence-corrected chi connectivity index (χ4v) is 12.1. The summed E-state index contributed by atoms with van der Waals surface area (Å²) in [5.74, 6) is 1.39. The van der Waals surface area contributed by atoms with Crippen molar-refractivity contribution in [1.82, 2.24) is 26.3 Å². The largest absolute Gasteiger partial charge is 0.383 e. The van der Waals surface area contributed by atoms with Crippen molar-refractivity contribution in [3.05, 3.63) is 151 Å². The van der Waals surface area contributed by atoms with Gasteiger partial charge in [0.05, 0.1) is 17.6 Å². The number of halogens is 4. The van der Waals surface area contributed by atoms with E-state index in [1.807, 2.05) is 19.1 Å². The number of nitrogens with one attached hydrogen (secondary N) is 5. The number of hydrogen-bond donors (Lipinski definition) is 5. The van der Waals surface area contributed by atoms with Gasteiger partial charge in [-0.05, 0) is 156 Å². The van der Waals surface area contributed by atoms with Gasteiger partial charge < -0.3 is 36.4 Å². The Hall–Kier alpha value is -6.93. The molecule has 3 saturated heterocycles. The fourth-order valence-electron chi connectivity index (χ4n) is 10.8. The number of carbonyl (C=O) groups excluding carboxylic acids is 4. The molecule has 4 aromatic carbocycles. The molecule has 0 spiro atoms. The molecule has 5 aliphatic rings.